The summed E-state index contributed by atoms with van der Waals surface area (Å²) in [4.78, 5) is 23.1. The molecule has 0 spiro atoms. The Morgan fingerprint density at radius 3 is 2.56 bits per heavy atom. The number of aliphatic hydroxyl groups is 2. The van der Waals surface area contributed by atoms with Gasteiger partial charge in [-0.05, 0) is 55.0 Å². The number of imidazole rings is 1. The van der Waals surface area contributed by atoms with Gasteiger partial charge in [-0.3, -0.25) is 4.57 Å². The molecule has 11 nitrogen and oxygen atoms in total. The zero-order chi connectivity index (χ0) is 27.9. The number of rotatable bonds is 7. The van der Waals surface area contributed by atoms with Crippen molar-refractivity contribution in [3.63, 3.8) is 0 Å². The number of pyridine rings is 1. The Morgan fingerprint density at radius 2 is 1.87 bits per heavy atom. The predicted molar refractivity (Wildman–Crippen MR) is 149 cm³/mol. The normalized spacial score (nSPS) is 27.1. The summed E-state index contributed by atoms with van der Waals surface area (Å²) >= 11 is 0. The summed E-state index contributed by atoms with van der Waals surface area (Å²) in [5, 5.41) is 27.3. The molecule has 2 aromatic heterocycles. The molecule has 39 heavy (non-hydrogen) atoms. The number of nitrogens with two attached hydrogens (primary N) is 1. The minimum Gasteiger partial charge on any atom is -0.397 e. The van der Waals surface area contributed by atoms with Gasteiger partial charge in [0.1, 0.15) is 23.8 Å². The van der Waals surface area contributed by atoms with Crippen LogP contribution in [0.5, 0.6) is 0 Å². The molecule has 2 fully saturated rings. The first kappa shape index (κ1) is 27.3. The maximum Gasteiger partial charge on any atom is 0.319 e. The molecule has 0 bridgehead atoms. The molecule has 5 rings (SSSR count). The molecule has 6 N–H and O–H groups in total. The second kappa shape index (κ2) is 10.7. The Balaban J connectivity index is 1.07. The van der Waals surface area contributed by atoms with Crippen LogP contribution in [-0.4, -0.2) is 80.2 Å². The van der Waals surface area contributed by atoms with Crippen molar-refractivity contribution < 1.29 is 19.7 Å². The van der Waals surface area contributed by atoms with Crippen LogP contribution in [0.25, 0.3) is 11.2 Å². The van der Waals surface area contributed by atoms with Crippen molar-refractivity contribution in [3.05, 3.63) is 48.4 Å². The number of carbonyl (C=O) groups excluding carboxylic acids is 1. The van der Waals surface area contributed by atoms with Gasteiger partial charge in [0.05, 0.1) is 12.0 Å². The third-order valence-electron chi connectivity index (χ3n) is 7.97. The molecule has 3 aromatic rings. The molecule has 210 valence electrons. The minimum absolute atomic E-state index is 0.0691. The number of hydrogen-bond donors (Lipinski definition) is 5. The number of aliphatic hydroxyl groups excluding tert-OH is 2. The molecule has 0 unspecified atom stereocenters. The molecule has 1 aromatic carbocycles. The van der Waals surface area contributed by atoms with Crippen LogP contribution < -0.4 is 16.4 Å². The fourth-order valence-corrected chi connectivity index (χ4v) is 5.38. The second-order valence-electron chi connectivity index (χ2n) is 11.9. The van der Waals surface area contributed by atoms with Gasteiger partial charge in [0.25, 0.3) is 0 Å². The summed E-state index contributed by atoms with van der Waals surface area (Å²) in [6.07, 6.45) is 1.43. The number of benzene rings is 1. The van der Waals surface area contributed by atoms with Gasteiger partial charge in [0.15, 0.2) is 11.9 Å². The SMILES string of the molecule is CN(C[C@H]1O[C@@H](n2cnc3c(N)ccnc32)[C@H](O)[C@@H]1O)C1CC(CNC(=O)Nc2ccc(C(C)(C)C)cc2)C1. The smallest absolute Gasteiger partial charge is 0.319 e. The molecule has 1 aliphatic heterocycles. The number of urea groups is 1. The molecular weight excluding hydrogens is 498 g/mol. The summed E-state index contributed by atoms with van der Waals surface area (Å²) in [6.45, 7) is 7.54. The quantitative estimate of drug-likeness (QED) is 0.308. The molecule has 1 aliphatic carbocycles. The molecular formula is C28H39N7O4. The number of amides is 2. The number of anilines is 2. The fraction of sp³-hybridized carbons (Fsp3) is 0.536. The molecule has 1 saturated heterocycles. The van der Waals surface area contributed by atoms with E-state index in [1.165, 1.54) is 11.9 Å². The highest BCUT2D eigenvalue weighted by molar-refractivity contribution is 5.89. The minimum atomic E-state index is -1.12. The van der Waals surface area contributed by atoms with E-state index in [4.69, 9.17) is 10.5 Å². The fourth-order valence-electron chi connectivity index (χ4n) is 5.38. The van der Waals surface area contributed by atoms with Crippen molar-refractivity contribution in [2.75, 3.05) is 31.2 Å². The number of nitrogens with one attached hydrogen (secondary N) is 2. The monoisotopic (exact) mass is 537 g/mol. The lowest BCUT2D eigenvalue weighted by Crippen LogP contribution is -2.50. The van der Waals surface area contributed by atoms with Crippen LogP contribution in [0.4, 0.5) is 16.2 Å². The summed E-state index contributed by atoms with van der Waals surface area (Å²) in [5.74, 6) is 0.382. The number of ether oxygens (including phenoxy) is 1. The van der Waals surface area contributed by atoms with Gasteiger partial charge in [-0.2, -0.15) is 0 Å². The highest BCUT2D eigenvalue weighted by atomic mass is 16.6. The first-order chi connectivity index (χ1) is 18.5. The molecule has 4 atom stereocenters. The van der Waals surface area contributed by atoms with Gasteiger partial charge >= 0.3 is 6.03 Å². The van der Waals surface area contributed by atoms with Gasteiger partial charge in [0, 0.05) is 31.0 Å². The summed E-state index contributed by atoms with van der Waals surface area (Å²) in [7, 11) is 1.99. The van der Waals surface area contributed by atoms with Crippen LogP contribution in [-0.2, 0) is 10.2 Å². The van der Waals surface area contributed by atoms with Crippen LogP contribution >= 0.6 is 0 Å². The Labute approximate surface area is 228 Å². The van der Waals surface area contributed by atoms with E-state index in [0.29, 0.717) is 41.9 Å². The van der Waals surface area contributed by atoms with E-state index in [1.807, 2.05) is 31.3 Å². The van der Waals surface area contributed by atoms with Gasteiger partial charge in [-0.1, -0.05) is 32.9 Å². The molecule has 1 saturated carbocycles. The van der Waals surface area contributed by atoms with Crippen molar-refractivity contribution >= 4 is 28.6 Å². The Hall–Kier alpha value is -3.25. The summed E-state index contributed by atoms with van der Waals surface area (Å²) in [6, 6.07) is 9.70. The lowest BCUT2D eigenvalue weighted by atomic mass is 9.79. The number of carbonyl (C=O) groups is 1. The van der Waals surface area contributed by atoms with Crippen molar-refractivity contribution in [3.8, 4) is 0 Å². The van der Waals surface area contributed by atoms with Gasteiger partial charge < -0.3 is 36.2 Å². The highest BCUT2D eigenvalue weighted by Gasteiger charge is 2.45. The van der Waals surface area contributed by atoms with Gasteiger partial charge in [-0.15, -0.1) is 0 Å². The predicted octanol–water partition coefficient (Wildman–Crippen LogP) is 2.46. The summed E-state index contributed by atoms with van der Waals surface area (Å²) in [5.41, 5.74) is 9.56. The second-order valence-corrected chi connectivity index (χ2v) is 11.9. The number of nitrogens with zero attached hydrogens (tertiary/aromatic N) is 4. The van der Waals surface area contributed by atoms with Crippen LogP contribution in [0, 0.1) is 5.92 Å². The van der Waals surface area contributed by atoms with Crippen LogP contribution in [0.2, 0.25) is 0 Å². The average Bonchev–Trinajstić information content (AvgIpc) is 3.40. The van der Waals surface area contributed by atoms with E-state index in [9.17, 15) is 15.0 Å². The van der Waals surface area contributed by atoms with Gasteiger partial charge in [-0.25, -0.2) is 14.8 Å². The van der Waals surface area contributed by atoms with Crippen LogP contribution in [0.1, 0.15) is 45.4 Å². The largest absolute Gasteiger partial charge is 0.397 e. The maximum absolute atomic E-state index is 12.4. The van der Waals surface area contributed by atoms with E-state index in [2.05, 4.69) is 46.3 Å². The number of likely N-dealkylation sites (N-methyl/N-ethyl adjacent to an activating group) is 1. The Kier molecular flexibility index (Phi) is 7.51. The Bertz CT molecular complexity index is 1300. The first-order valence-corrected chi connectivity index (χ1v) is 13.5. The maximum atomic E-state index is 12.4. The van der Waals surface area contributed by atoms with Crippen molar-refractivity contribution in [2.24, 2.45) is 5.92 Å². The Morgan fingerprint density at radius 1 is 1.15 bits per heavy atom. The summed E-state index contributed by atoms with van der Waals surface area (Å²) < 4.78 is 7.71. The standard InChI is InChI=1S/C28H39N7O4/c1-28(2,3)17-5-7-18(8-6-17)33-27(38)31-13-16-11-19(12-16)34(4)14-21-23(36)24(37)26(39-21)35-15-32-22-20(29)9-10-30-25(22)35/h5-10,15-16,19,21,23-24,26,36-37H,11-14H2,1-4H3,(H2,29,30)(H2,31,33,38)/t16?,19?,21-,23-,24-,26-/m1/s1. The number of hydrogen-bond acceptors (Lipinski definition) is 8. The van der Waals surface area contributed by atoms with Crippen molar-refractivity contribution in [1.29, 1.82) is 0 Å². The van der Waals surface area contributed by atoms with Gasteiger partial charge in [0.2, 0.25) is 0 Å². The third kappa shape index (κ3) is 5.72. The van der Waals surface area contributed by atoms with Crippen LogP contribution in [0.3, 0.4) is 0 Å². The number of fused-ring (bicyclic) bond motifs is 1. The molecule has 2 amide bonds. The lowest BCUT2D eigenvalue weighted by Gasteiger charge is -2.42. The van der Waals surface area contributed by atoms with E-state index < -0.39 is 24.5 Å². The molecule has 2 aliphatic rings. The topological polar surface area (TPSA) is 151 Å². The zero-order valence-electron chi connectivity index (χ0n) is 22.9. The van der Waals surface area contributed by atoms with E-state index >= 15 is 0 Å². The van der Waals surface area contributed by atoms with E-state index in [0.717, 1.165) is 18.5 Å². The van der Waals surface area contributed by atoms with Crippen molar-refractivity contribution in [2.45, 2.75) is 69.6 Å². The molecule has 0 radical (unpaired) electrons. The lowest BCUT2D eigenvalue weighted by molar-refractivity contribution is -0.0510. The van der Waals surface area contributed by atoms with Crippen molar-refractivity contribution in [1.82, 2.24) is 24.8 Å². The number of nitrogen functional groups attached to an aromatic ring is 1. The third-order valence-corrected chi connectivity index (χ3v) is 7.97. The zero-order valence-corrected chi connectivity index (χ0v) is 22.9. The molecule has 11 heteroatoms. The first-order valence-electron chi connectivity index (χ1n) is 13.5. The highest BCUT2D eigenvalue weighted by Crippen LogP contribution is 2.35. The van der Waals surface area contributed by atoms with Crippen LogP contribution in [0.15, 0.2) is 42.9 Å². The van der Waals surface area contributed by atoms with E-state index in [-0.39, 0.29) is 11.4 Å². The molecule has 3 heterocycles. The number of aromatic nitrogens is 3. The average molecular weight is 538 g/mol. The van der Waals surface area contributed by atoms with E-state index in [1.54, 1.807) is 16.8 Å².